The summed E-state index contributed by atoms with van der Waals surface area (Å²) >= 11 is 0. The van der Waals surface area contributed by atoms with Crippen molar-refractivity contribution in [2.24, 2.45) is 0 Å². The quantitative estimate of drug-likeness (QED) is 0.383. The Morgan fingerprint density at radius 2 is 1.70 bits per heavy atom. The molecule has 0 aliphatic heterocycles. The van der Waals surface area contributed by atoms with E-state index in [0.717, 1.165) is 0 Å². The highest BCUT2D eigenvalue weighted by molar-refractivity contribution is 6.05. The minimum absolute atomic E-state index is 0.0124. The van der Waals surface area contributed by atoms with E-state index < -0.39 is 17.9 Å². The number of nitrogen functional groups attached to an aromatic ring is 2. The number of aromatic carboxylic acids is 1. The predicted octanol–water partition coefficient (Wildman–Crippen LogP) is 1.85. The van der Waals surface area contributed by atoms with Crippen LogP contribution in [0.4, 0.5) is 11.8 Å². The number of anilines is 2. The highest BCUT2D eigenvalue weighted by Crippen LogP contribution is 2.31. The second-order valence-electron chi connectivity index (χ2n) is 6.65. The number of aliphatic carboxylic acids is 1. The first kappa shape index (κ1) is 19.0. The molecule has 0 aliphatic carbocycles. The molecule has 0 amide bonds. The number of nitrogens with zero attached hydrogens (tertiary/aromatic N) is 4. The molecule has 0 saturated carbocycles. The van der Waals surface area contributed by atoms with Gasteiger partial charge in [0.15, 0.2) is 17.0 Å². The van der Waals surface area contributed by atoms with Crippen LogP contribution >= 0.6 is 0 Å². The van der Waals surface area contributed by atoms with E-state index >= 15 is 0 Å². The smallest absolute Gasteiger partial charge is 0.336 e. The van der Waals surface area contributed by atoms with Crippen molar-refractivity contribution in [2.45, 2.75) is 12.3 Å². The molecule has 0 saturated heterocycles. The number of fused-ring (bicyclic) bond motifs is 2. The summed E-state index contributed by atoms with van der Waals surface area (Å²) < 4.78 is 0. The summed E-state index contributed by atoms with van der Waals surface area (Å²) in [5, 5.41) is 20.3. The zero-order valence-electron chi connectivity index (χ0n) is 15.5. The van der Waals surface area contributed by atoms with E-state index in [9.17, 15) is 19.8 Å². The van der Waals surface area contributed by atoms with Gasteiger partial charge in [-0.05, 0) is 22.4 Å². The van der Waals surface area contributed by atoms with E-state index in [1.54, 1.807) is 24.3 Å². The van der Waals surface area contributed by atoms with E-state index in [1.165, 1.54) is 18.3 Å². The van der Waals surface area contributed by atoms with Crippen molar-refractivity contribution in [1.29, 1.82) is 0 Å². The third kappa shape index (κ3) is 3.30. The lowest BCUT2D eigenvalue weighted by Crippen LogP contribution is -2.16. The lowest BCUT2D eigenvalue weighted by Gasteiger charge is -2.16. The van der Waals surface area contributed by atoms with Gasteiger partial charge in [0, 0.05) is 6.42 Å². The zero-order chi connectivity index (χ0) is 21.4. The number of carboxylic acids is 2. The molecule has 30 heavy (non-hydrogen) atoms. The van der Waals surface area contributed by atoms with E-state index in [1.807, 2.05) is 0 Å². The van der Waals surface area contributed by atoms with Gasteiger partial charge in [-0.15, -0.1) is 0 Å². The maximum atomic E-state index is 12.1. The number of carboxylic acid groups (broad SMARTS) is 2. The third-order valence-electron chi connectivity index (χ3n) is 4.78. The van der Waals surface area contributed by atoms with Crippen LogP contribution in [-0.4, -0.2) is 42.1 Å². The summed E-state index contributed by atoms with van der Waals surface area (Å²) in [6, 6.07) is 9.73. The molecule has 10 nitrogen and oxygen atoms in total. The van der Waals surface area contributed by atoms with Crippen molar-refractivity contribution < 1.29 is 19.8 Å². The summed E-state index contributed by atoms with van der Waals surface area (Å²) in [4.78, 5) is 40.0. The van der Waals surface area contributed by atoms with E-state index in [4.69, 9.17) is 11.5 Å². The molecule has 1 unspecified atom stereocenters. The van der Waals surface area contributed by atoms with Crippen molar-refractivity contribution in [2.75, 3.05) is 11.5 Å². The van der Waals surface area contributed by atoms with Crippen LogP contribution in [0.15, 0.2) is 42.6 Å². The zero-order valence-corrected chi connectivity index (χ0v) is 15.5. The maximum Gasteiger partial charge on any atom is 0.336 e. The number of nitrogens with two attached hydrogens (primary N) is 2. The Labute approximate surface area is 169 Å². The van der Waals surface area contributed by atoms with E-state index in [2.05, 4.69) is 19.9 Å². The van der Waals surface area contributed by atoms with Crippen LogP contribution < -0.4 is 11.5 Å². The SMILES string of the molecule is Nc1nc(N)c2nc(CC(C(=O)O)c3ccc(C(=O)O)c4ccccc34)cnc2n1. The number of hydrogen-bond donors (Lipinski definition) is 4. The fourth-order valence-electron chi connectivity index (χ4n) is 3.43. The van der Waals surface area contributed by atoms with Crippen LogP contribution in [0.5, 0.6) is 0 Å². The topological polar surface area (TPSA) is 178 Å². The van der Waals surface area contributed by atoms with Crippen molar-refractivity contribution in [3.63, 3.8) is 0 Å². The van der Waals surface area contributed by atoms with E-state index in [-0.39, 0.29) is 34.9 Å². The molecule has 4 aromatic rings. The first-order valence-electron chi connectivity index (χ1n) is 8.87. The lowest BCUT2D eigenvalue weighted by molar-refractivity contribution is -0.138. The molecular formula is C20H16N6O4. The van der Waals surface area contributed by atoms with Crippen molar-refractivity contribution in [3.05, 3.63) is 59.4 Å². The van der Waals surface area contributed by atoms with Crippen LogP contribution in [0.1, 0.15) is 27.5 Å². The summed E-state index contributed by atoms with van der Waals surface area (Å²) in [5.41, 5.74) is 12.8. The second kappa shape index (κ2) is 7.24. The molecule has 150 valence electrons. The van der Waals surface area contributed by atoms with Crippen LogP contribution in [0.3, 0.4) is 0 Å². The van der Waals surface area contributed by atoms with Crippen LogP contribution in [0, 0.1) is 0 Å². The number of rotatable bonds is 5. The van der Waals surface area contributed by atoms with Crippen LogP contribution in [-0.2, 0) is 11.2 Å². The fraction of sp³-hybridized carbons (Fsp3) is 0.100. The molecule has 4 rings (SSSR count). The molecule has 0 fully saturated rings. The standard InChI is InChI=1S/C20H16N6O4/c21-16-15-17(26-20(22)25-16)23-8-9(24-15)7-14(19(29)30)12-5-6-13(18(27)28)11-4-2-1-3-10(11)12/h1-6,8,14H,7H2,(H,27,28)(H,29,30)(H4,21,22,23,25,26). The van der Waals surface area contributed by atoms with Gasteiger partial charge < -0.3 is 21.7 Å². The normalized spacial score (nSPS) is 12.1. The van der Waals surface area contributed by atoms with Gasteiger partial charge in [-0.2, -0.15) is 9.97 Å². The van der Waals surface area contributed by atoms with Gasteiger partial charge in [0.1, 0.15) is 0 Å². The van der Waals surface area contributed by atoms with Gasteiger partial charge in [0.05, 0.1) is 23.4 Å². The largest absolute Gasteiger partial charge is 0.481 e. The third-order valence-corrected chi connectivity index (χ3v) is 4.78. The van der Waals surface area contributed by atoms with Gasteiger partial charge in [0.2, 0.25) is 5.95 Å². The molecule has 2 aromatic heterocycles. The summed E-state index contributed by atoms with van der Waals surface area (Å²) in [6.45, 7) is 0. The molecule has 1 atom stereocenters. The summed E-state index contributed by atoms with van der Waals surface area (Å²) in [7, 11) is 0. The van der Waals surface area contributed by atoms with Crippen molar-refractivity contribution in [3.8, 4) is 0 Å². The molecule has 0 radical (unpaired) electrons. The highest BCUT2D eigenvalue weighted by Gasteiger charge is 2.25. The van der Waals surface area contributed by atoms with Crippen LogP contribution in [0.25, 0.3) is 21.9 Å². The maximum absolute atomic E-state index is 12.1. The predicted molar refractivity (Wildman–Crippen MR) is 109 cm³/mol. The molecular weight excluding hydrogens is 388 g/mol. The number of aromatic nitrogens is 4. The van der Waals surface area contributed by atoms with Gasteiger partial charge in [0.25, 0.3) is 0 Å². The Morgan fingerprint density at radius 3 is 2.40 bits per heavy atom. The summed E-state index contributed by atoms with van der Waals surface area (Å²) in [6.07, 6.45) is 1.43. The molecule has 2 heterocycles. The van der Waals surface area contributed by atoms with Crippen LogP contribution in [0.2, 0.25) is 0 Å². The minimum atomic E-state index is -1.08. The lowest BCUT2D eigenvalue weighted by atomic mass is 9.88. The Bertz CT molecular complexity index is 1320. The number of benzene rings is 2. The monoisotopic (exact) mass is 404 g/mol. The van der Waals surface area contributed by atoms with Gasteiger partial charge in [-0.1, -0.05) is 30.3 Å². The summed E-state index contributed by atoms with van der Waals surface area (Å²) in [5.74, 6) is -3.13. The fourth-order valence-corrected chi connectivity index (χ4v) is 3.43. The Kier molecular flexibility index (Phi) is 4.59. The second-order valence-corrected chi connectivity index (χ2v) is 6.65. The molecule has 2 aromatic carbocycles. The Balaban J connectivity index is 1.81. The molecule has 0 spiro atoms. The van der Waals surface area contributed by atoms with Crippen molar-refractivity contribution in [1.82, 2.24) is 19.9 Å². The molecule has 0 aliphatic rings. The first-order valence-corrected chi connectivity index (χ1v) is 8.87. The van der Waals surface area contributed by atoms with Gasteiger partial charge in [-0.3, -0.25) is 4.79 Å². The van der Waals surface area contributed by atoms with E-state index in [0.29, 0.717) is 22.0 Å². The average molecular weight is 404 g/mol. The molecule has 0 bridgehead atoms. The van der Waals surface area contributed by atoms with Gasteiger partial charge in [-0.25, -0.2) is 14.8 Å². The minimum Gasteiger partial charge on any atom is -0.481 e. The molecule has 10 heteroatoms. The highest BCUT2D eigenvalue weighted by atomic mass is 16.4. The van der Waals surface area contributed by atoms with Gasteiger partial charge >= 0.3 is 11.9 Å². The number of carbonyl (C=O) groups is 2. The number of hydrogen-bond acceptors (Lipinski definition) is 8. The average Bonchev–Trinajstić information content (AvgIpc) is 2.71. The van der Waals surface area contributed by atoms with Crippen molar-refractivity contribution >= 4 is 45.6 Å². The first-order chi connectivity index (χ1) is 14.3. The Morgan fingerprint density at radius 1 is 0.967 bits per heavy atom. The Hall–Kier alpha value is -4.34. The molecule has 6 N–H and O–H groups in total.